The van der Waals surface area contributed by atoms with Crippen molar-refractivity contribution >= 4 is 17.8 Å². The first-order valence-corrected chi connectivity index (χ1v) is 8.23. The number of ether oxygens (including phenoxy) is 1. The highest BCUT2D eigenvalue weighted by atomic mass is 19.4. The SMILES string of the molecule is CCOC(=O)[C@H](C)C[C@H](NC(=O)c1cc(C(F)(F)F)cc(C(F)(F)F)c1)C(N)=O. The first-order valence-electron chi connectivity index (χ1n) is 8.23. The number of carbonyl (C=O) groups excluding carboxylic acids is 3. The molecular formula is C17H18F6N2O4. The number of nitrogens with two attached hydrogens (primary N) is 1. The number of primary amides is 1. The Morgan fingerprint density at radius 2 is 1.52 bits per heavy atom. The fourth-order valence-electron chi connectivity index (χ4n) is 2.31. The lowest BCUT2D eigenvalue weighted by Crippen LogP contribution is -2.46. The molecule has 1 aromatic carbocycles. The van der Waals surface area contributed by atoms with Crippen molar-refractivity contribution in [1.29, 1.82) is 0 Å². The van der Waals surface area contributed by atoms with Crippen LogP contribution in [-0.2, 0) is 26.7 Å². The molecule has 0 aliphatic rings. The zero-order valence-corrected chi connectivity index (χ0v) is 15.3. The predicted octanol–water partition coefficient (Wildman–Crippen LogP) is 2.90. The highest BCUT2D eigenvalue weighted by Gasteiger charge is 2.38. The molecule has 0 aliphatic carbocycles. The van der Waals surface area contributed by atoms with Gasteiger partial charge in [-0.15, -0.1) is 0 Å². The van der Waals surface area contributed by atoms with E-state index in [1.165, 1.54) is 13.8 Å². The number of amides is 2. The van der Waals surface area contributed by atoms with Crippen molar-refractivity contribution < 1.29 is 45.5 Å². The third-order valence-electron chi connectivity index (χ3n) is 3.78. The van der Waals surface area contributed by atoms with Crippen LogP contribution in [0.25, 0.3) is 0 Å². The van der Waals surface area contributed by atoms with Crippen LogP contribution in [0.1, 0.15) is 41.8 Å². The van der Waals surface area contributed by atoms with E-state index in [0.717, 1.165) is 0 Å². The quantitative estimate of drug-likeness (QED) is 0.516. The van der Waals surface area contributed by atoms with E-state index in [2.05, 4.69) is 0 Å². The molecule has 0 aliphatic heterocycles. The highest BCUT2D eigenvalue weighted by molar-refractivity contribution is 5.97. The molecule has 3 N–H and O–H groups in total. The predicted molar refractivity (Wildman–Crippen MR) is 87.3 cm³/mol. The molecular weight excluding hydrogens is 410 g/mol. The summed E-state index contributed by atoms with van der Waals surface area (Å²) in [4.78, 5) is 35.4. The van der Waals surface area contributed by atoms with Crippen LogP contribution in [-0.4, -0.2) is 30.4 Å². The molecule has 1 aromatic rings. The van der Waals surface area contributed by atoms with Crippen molar-refractivity contribution in [1.82, 2.24) is 5.32 Å². The van der Waals surface area contributed by atoms with E-state index in [9.17, 15) is 40.7 Å². The summed E-state index contributed by atoms with van der Waals surface area (Å²) < 4.78 is 82.1. The summed E-state index contributed by atoms with van der Waals surface area (Å²) in [7, 11) is 0. The Morgan fingerprint density at radius 3 is 1.90 bits per heavy atom. The number of hydrogen-bond acceptors (Lipinski definition) is 4. The maximum absolute atomic E-state index is 12.9. The lowest BCUT2D eigenvalue weighted by Gasteiger charge is -2.20. The first-order chi connectivity index (χ1) is 13.2. The summed E-state index contributed by atoms with van der Waals surface area (Å²) in [6.07, 6.45) is -10.6. The lowest BCUT2D eigenvalue weighted by molar-refractivity contribution is -0.148. The van der Waals surface area contributed by atoms with Gasteiger partial charge < -0.3 is 15.8 Å². The van der Waals surface area contributed by atoms with Crippen LogP contribution in [0.15, 0.2) is 18.2 Å². The summed E-state index contributed by atoms with van der Waals surface area (Å²) in [5.41, 5.74) is 0.774. The maximum atomic E-state index is 12.9. The summed E-state index contributed by atoms with van der Waals surface area (Å²) in [5, 5.41) is 1.96. The van der Waals surface area contributed by atoms with E-state index < -0.39 is 58.8 Å². The van der Waals surface area contributed by atoms with E-state index in [1.807, 2.05) is 5.32 Å². The van der Waals surface area contributed by atoms with Gasteiger partial charge in [0.05, 0.1) is 23.7 Å². The van der Waals surface area contributed by atoms with E-state index in [1.54, 1.807) is 0 Å². The zero-order valence-electron chi connectivity index (χ0n) is 15.3. The maximum Gasteiger partial charge on any atom is 0.416 e. The zero-order chi connectivity index (χ0) is 22.6. The number of nitrogens with one attached hydrogen (secondary N) is 1. The lowest BCUT2D eigenvalue weighted by atomic mass is 10.00. The van der Waals surface area contributed by atoms with Crippen molar-refractivity contribution in [3.8, 4) is 0 Å². The Bertz CT molecular complexity index is 744. The van der Waals surface area contributed by atoms with Crippen LogP contribution in [0, 0.1) is 5.92 Å². The van der Waals surface area contributed by atoms with Crippen LogP contribution in [0.4, 0.5) is 26.3 Å². The number of rotatable bonds is 7. The van der Waals surface area contributed by atoms with Gasteiger partial charge in [-0.2, -0.15) is 26.3 Å². The molecule has 29 heavy (non-hydrogen) atoms. The number of alkyl halides is 6. The van der Waals surface area contributed by atoms with Gasteiger partial charge in [0, 0.05) is 5.56 Å². The molecule has 0 aromatic heterocycles. The van der Waals surface area contributed by atoms with Gasteiger partial charge in [-0.3, -0.25) is 14.4 Å². The molecule has 0 radical (unpaired) electrons. The molecule has 12 heteroatoms. The Kier molecular flexibility index (Phi) is 7.64. The Morgan fingerprint density at radius 1 is 1.03 bits per heavy atom. The van der Waals surface area contributed by atoms with Gasteiger partial charge in [-0.05, 0) is 31.5 Å². The molecule has 2 amide bonds. The van der Waals surface area contributed by atoms with Crippen LogP contribution in [0.3, 0.4) is 0 Å². The van der Waals surface area contributed by atoms with Gasteiger partial charge in [0.15, 0.2) is 0 Å². The average molecular weight is 428 g/mol. The fraction of sp³-hybridized carbons (Fsp3) is 0.471. The van der Waals surface area contributed by atoms with Gasteiger partial charge >= 0.3 is 18.3 Å². The minimum Gasteiger partial charge on any atom is -0.466 e. The second-order valence-corrected chi connectivity index (χ2v) is 6.11. The van der Waals surface area contributed by atoms with Crippen LogP contribution < -0.4 is 11.1 Å². The number of benzene rings is 1. The fourth-order valence-corrected chi connectivity index (χ4v) is 2.31. The van der Waals surface area contributed by atoms with Crippen LogP contribution in [0.2, 0.25) is 0 Å². The van der Waals surface area contributed by atoms with Crippen LogP contribution in [0.5, 0.6) is 0 Å². The van der Waals surface area contributed by atoms with Crippen LogP contribution >= 0.6 is 0 Å². The molecule has 0 spiro atoms. The van der Waals surface area contributed by atoms with Gasteiger partial charge in [-0.25, -0.2) is 0 Å². The Balaban J connectivity index is 3.17. The third-order valence-corrected chi connectivity index (χ3v) is 3.78. The van der Waals surface area contributed by atoms with E-state index in [4.69, 9.17) is 10.5 Å². The number of carbonyl (C=O) groups is 3. The minimum atomic E-state index is -5.14. The van der Waals surface area contributed by atoms with E-state index in [-0.39, 0.29) is 31.2 Å². The number of esters is 1. The summed E-state index contributed by atoms with van der Waals surface area (Å²) in [6, 6.07) is -1.22. The standard InChI is InChI=1S/C17H18F6N2O4/c1-3-29-15(28)8(2)4-12(13(24)26)25-14(27)9-5-10(16(18,19)20)7-11(6-9)17(21,22)23/h5-8,12H,3-4H2,1-2H3,(H2,24,26)(H,25,27)/t8-,12+/m1/s1. The van der Waals surface area contributed by atoms with Crippen molar-refractivity contribution in [2.24, 2.45) is 11.7 Å². The largest absolute Gasteiger partial charge is 0.466 e. The van der Waals surface area contributed by atoms with Gasteiger partial charge in [0.2, 0.25) is 5.91 Å². The normalized spacial score (nSPS) is 14.1. The molecule has 2 atom stereocenters. The molecule has 0 saturated carbocycles. The third kappa shape index (κ3) is 6.95. The topological polar surface area (TPSA) is 98.5 Å². The molecule has 0 fully saturated rings. The van der Waals surface area contributed by atoms with Crippen molar-refractivity contribution in [3.05, 3.63) is 34.9 Å². The molecule has 6 nitrogen and oxygen atoms in total. The van der Waals surface area contributed by atoms with E-state index >= 15 is 0 Å². The molecule has 0 unspecified atom stereocenters. The second-order valence-electron chi connectivity index (χ2n) is 6.11. The average Bonchev–Trinajstić information content (AvgIpc) is 2.59. The summed E-state index contributed by atoms with van der Waals surface area (Å²) in [6.45, 7) is 2.93. The van der Waals surface area contributed by atoms with Gasteiger partial charge in [0.1, 0.15) is 6.04 Å². The summed E-state index contributed by atoms with van der Waals surface area (Å²) >= 11 is 0. The van der Waals surface area contributed by atoms with Crippen molar-refractivity contribution in [2.75, 3.05) is 6.61 Å². The van der Waals surface area contributed by atoms with Gasteiger partial charge in [-0.1, -0.05) is 6.92 Å². The Labute approximate surface area is 161 Å². The molecule has 0 saturated heterocycles. The highest BCUT2D eigenvalue weighted by Crippen LogP contribution is 2.36. The monoisotopic (exact) mass is 428 g/mol. The Hall–Kier alpha value is -2.79. The smallest absolute Gasteiger partial charge is 0.416 e. The first kappa shape index (κ1) is 24.2. The minimum absolute atomic E-state index is 0.0429. The van der Waals surface area contributed by atoms with Gasteiger partial charge in [0.25, 0.3) is 5.91 Å². The summed E-state index contributed by atoms with van der Waals surface area (Å²) in [5.74, 6) is -4.15. The second kappa shape index (κ2) is 9.14. The number of hydrogen-bond donors (Lipinski definition) is 2. The molecule has 1 rings (SSSR count). The van der Waals surface area contributed by atoms with Crippen molar-refractivity contribution in [3.63, 3.8) is 0 Å². The molecule has 162 valence electrons. The molecule has 0 bridgehead atoms. The molecule has 0 heterocycles. The van der Waals surface area contributed by atoms with Crippen molar-refractivity contribution in [2.45, 2.75) is 38.7 Å². The van der Waals surface area contributed by atoms with E-state index in [0.29, 0.717) is 0 Å². The number of halogens is 6.